The molecule has 1 saturated heterocycles. The van der Waals surface area contributed by atoms with Gasteiger partial charge in [0.2, 0.25) is 0 Å². The maximum absolute atomic E-state index is 5.45. The second-order valence-electron chi connectivity index (χ2n) is 6.46. The first kappa shape index (κ1) is 24.8. The van der Waals surface area contributed by atoms with Gasteiger partial charge in [-0.2, -0.15) is 0 Å². The van der Waals surface area contributed by atoms with E-state index in [-0.39, 0.29) is 24.0 Å². The van der Waals surface area contributed by atoms with Gasteiger partial charge in [-0.05, 0) is 38.4 Å². The van der Waals surface area contributed by atoms with Gasteiger partial charge in [-0.15, -0.1) is 24.0 Å². The summed E-state index contributed by atoms with van der Waals surface area (Å²) < 4.78 is 16.1. The Hall–Kier alpha value is -1.26. The second-order valence-corrected chi connectivity index (χ2v) is 6.46. The molecule has 1 aliphatic heterocycles. The lowest BCUT2D eigenvalue weighted by Crippen LogP contribution is -2.39. The Morgan fingerprint density at radius 3 is 2.61 bits per heavy atom. The number of guanidine groups is 1. The first-order valence-corrected chi connectivity index (χ1v) is 9.80. The molecule has 1 aliphatic rings. The molecule has 0 aliphatic carbocycles. The summed E-state index contributed by atoms with van der Waals surface area (Å²) in [5, 5.41) is 6.72. The first-order chi connectivity index (χ1) is 13.3. The number of hydrogen-bond donors (Lipinski definition) is 2. The zero-order valence-electron chi connectivity index (χ0n) is 17.3. The maximum Gasteiger partial charge on any atom is 0.191 e. The van der Waals surface area contributed by atoms with E-state index >= 15 is 0 Å². The summed E-state index contributed by atoms with van der Waals surface area (Å²) >= 11 is 0. The third-order valence-electron chi connectivity index (χ3n) is 4.54. The molecule has 0 aromatic heterocycles. The van der Waals surface area contributed by atoms with E-state index in [1.54, 1.807) is 14.2 Å². The van der Waals surface area contributed by atoms with Crippen LogP contribution in [0.4, 0.5) is 0 Å². The van der Waals surface area contributed by atoms with E-state index in [4.69, 9.17) is 14.2 Å². The van der Waals surface area contributed by atoms with Crippen LogP contribution in [0, 0.1) is 0 Å². The van der Waals surface area contributed by atoms with Crippen LogP contribution in [0.25, 0.3) is 0 Å². The molecule has 2 rings (SSSR count). The topological polar surface area (TPSA) is 67.4 Å². The molecular weight excluding hydrogens is 471 g/mol. The van der Waals surface area contributed by atoms with Crippen LogP contribution in [0.5, 0.6) is 11.5 Å². The molecule has 2 N–H and O–H groups in total. The molecule has 0 bridgehead atoms. The van der Waals surface area contributed by atoms with Gasteiger partial charge in [0, 0.05) is 37.8 Å². The van der Waals surface area contributed by atoms with Gasteiger partial charge < -0.3 is 24.8 Å². The molecule has 0 unspecified atom stereocenters. The van der Waals surface area contributed by atoms with E-state index < -0.39 is 0 Å². The van der Waals surface area contributed by atoms with Crippen LogP contribution in [-0.2, 0) is 11.3 Å². The fourth-order valence-electron chi connectivity index (χ4n) is 2.98. The Bertz CT molecular complexity index is 581. The molecule has 0 radical (unpaired) electrons. The molecule has 8 heteroatoms. The highest BCUT2D eigenvalue weighted by atomic mass is 127. The number of hydrogen-bond acceptors (Lipinski definition) is 5. The lowest BCUT2D eigenvalue weighted by Gasteiger charge is -2.26. The number of nitrogens with zero attached hydrogens (tertiary/aromatic N) is 2. The quantitative estimate of drug-likeness (QED) is 0.220. The number of rotatable bonds is 10. The van der Waals surface area contributed by atoms with Gasteiger partial charge in [-0.3, -0.25) is 4.90 Å². The molecule has 1 aromatic rings. The van der Waals surface area contributed by atoms with Crippen molar-refractivity contribution < 1.29 is 14.2 Å². The van der Waals surface area contributed by atoms with Crippen LogP contribution < -0.4 is 20.1 Å². The molecular formula is C20H35IN4O3. The fourth-order valence-corrected chi connectivity index (χ4v) is 2.98. The summed E-state index contributed by atoms with van der Waals surface area (Å²) in [6.45, 7) is 9.36. The fraction of sp³-hybridized carbons (Fsp3) is 0.650. The Morgan fingerprint density at radius 1 is 1.14 bits per heavy atom. The average Bonchev–Trinajstić information content (AvgIpc) is 2.72. The third kappa shape index (κ3) is 8.83. The number of ether oxygens (including phenoxy) is 3. The number of methoxy groups -OCH3 is 2. The summed E-state index contributed by atoms with van der Waals surface area (Å²) in [4.78, 5) is 7.15. The minimum absolute atomic E-state index is 0. The number of nitrogens with one attached hydrogen (secondary N) is 2. The van der Waals surface area contributed by atoms with Crippen molar-refractivity contribution >= 4 is 29.9 Å². The Kier molecular flexibility index (Phi) is 13.0. The normalized spacial score (nSPS) is 14.9. The monoisotopic (exact) mass is 506 g/mol. The van der Waals surface area contributed by atoms with Gasteiger partial charge in [0.25, 0.3) is 0 Å². The predicted molar refractivity (Wildman–Crippen MR) is 124 cm³/mol. The van der Waals surface area contributed by atoms with Crippen molar-refractivity contribution in [1.29, 1.82) is 0 Å². The van der Waals surface area contributed by atoms with Gasteiger partial charge in [-0.25, -0.2) is 4.99 Å². The lowest BCUT2D eigenvalue weighted by molar-refractivity contribution is 0.0372. The van der Waals surface area contributed by atoms with Crippen LogP contribution in [0.15, 0.2) is 23.2 Å². The van der Waals surface area contributed by atoms with Crippen LogP contribution in [0.2, 0.25) is 0 Å². The van der Waals surface area contributed by atoms with E-state index in [1.165, 1.54) is 6.42 Å². The van der Waals surface area contributed by atoms with Crippen LogP contribution >= 0.6 is 24.0 Å². The molecule has 1 aromatic carbocycles. The van der Waals surface area contributed by atoms with Crippen molar-refractivity contribution in [3.63, 3.8) is 0 Å². The molecule has 0 saturated carbocycles. The smallest absolute Gasteiger partial charge is 0.191 e. The van der Waals surface area contributed by atoms with Crippen LogP contribution in [0.1, 0.15) is 25.3 Å². The molecule has 0 atom stereocenters. The molecule has 0 spiro atoms. The zero-order chi connectivity index (χ0) is 19.3. The summed E-state index contributed by atoms with van der Waals surface area (Å²) in [5.41, 5.74) is 1.03. The predicted octanol–water partition coefficient (Wildman–Crippen LogP) is 2.49. The highest BCUT2D eigenvalue weighted by molar-refractivity contribution is 14.0. The Balaban J connectivity index is 0.00000392. The van der Waals surface area contributed by atoms with Gasteiger partial charge in [0.05, 0.1) is 34.0 Å². The molecule has 7 nitrogen and oxygen atoms in total. The van der Waals surface area contributed by atoms with Crippen LogP contribution in [0.3, 0.4) is 0 Å². The molecule has 0 amide bonds. The highest BCUT2D eigenvalue weighted by Crippen LogP contribution is 2.25. The summed E-state index contributed by atoms with van der Waals surface area (Å²) in [7, 11) is 3.32. The average molecular weight is 506 g/mol. The largest absolute Gasteiger partial charge is 0.497 e. The summed E-state index contributed by atoms with van der Waals surface area (Å²) in [6.07, 6.45) is 2.30. The van der Waals surface area contributed by atoms with E-state index in [0.717, 1.165) is 75.4 Å². The van der Waals surface area contributed by atoms with Crippen molar-refractivity contribution in [2.45, 2.75) is 26.3 Å². The molecule has 1 fully saturated rings. The minimum atomic E-state index is 0. The van der Waals surface area contributed by atoms with E-state index in [0.29, 0.717) is 6.54 Å². The summed E-state index contributed by atoms with van der Waals surface area (Å²) in [5.74, 6) is 2.41. The lowest BCUT2D eigenvalue weighted by atomic mass is 10.2. The molecule has 1 heterocycles. The molecule has 28 heavy (non-hydrogen) atoms. The van der Waals surface area contributed by atoms with Gasteiger partial charge in [0.1, 0.15) is 11.5 Å². The van der Waals surface area contributed by atoms with Crippen molar-refractivity contribution in [2.75, 3.05) is 60.2 Å². The number of aliphatic imine (C=N–C) groups is 1. The van der Waals surface area contributed by atoms with E-state index in [9.17, 15) is 0 Å². The Labute approximate surface area is 186 Å². The maximum atomic E-state index is 5.45. The third-order valence-corrected chi connectivity index (χ3v) is 4.54. The number of halogens is 1. The minimum Gasteiger partial charge on any atom is -0.497 e. The van der Waals surface area contributed by atoms with Gasteiger partial charge in [0.15, 0.2) is 5.96 Å². The van der Waals surface area contributed by atoms with Crippen molar-refractivity contribution in [3.05, 3.63) is 23.8 Å². The van der Waals surface area contributed by atoms with E-state index in [1.807, 2.05) is 18.2 Å². The number of morpholine rings is 1. The highest BCUT2D eigenvalue weighted by Gasteiger charge is 2.09. The number of unbranched alkanes of at least 4 members (excludes halogenated alkanes) is 1. The van der Waals surface area contributed by atoms with Crippen molar-refractivity contribution in [3.8, 4) is 11.5 Å². The van der Waals surface area contributed by atoms with E-state index in [2.05, 4.69) is 27.4 Å². The summed E-state index contributed by atoms with van der Waals surface area (Å²) in [6, 6.07) is 5.81. The van der Waals surface area contributed by atoms with Gasteiger partial charge >= 0.3 is 0 Å². The van der Waals surface area contributed by atoms with Gasteiger partial charge in [-0.1, -0.05) is 0 Å². The Morgan fingerprint density at radius 2 is 1.93 bits per heavy atom. The van der Waals surface area contributed by atoms with Crippen molar-refractivity contribution in [1.82, 2.24) is 15.5 Å². The second kappa shape index (κ2) is 14.7. The number of benzene rings is 1. The van der Waals surface area contributed by atoms with Crippen molar-refractivity contribution in [2.24, 2.45) is 4.99 Å². The van der Waals surface area contributed by atoms with Crippen LogP contribution in [-0.4, -0.2) is 71.0 Å². The first-order valence-electron chi connectivity index (χ1n) is 9.80. The molecule has 160 valence electrons. The zero-order valence-corrected chi connectivity index (χ0v) is 19.7. The SMILES string of the molecule is CCNC(=NCc1ccc(OC)cc1OC)NCCCCN1CCOCC1.I. The standard InChI is InChI=1S/C20H34N4O3.HI/c1-4-21-20(22-9-5-6-10-24-11-13-27-14-12-24)23-16-17-7-8-18(25-2)15-19(17)26-3;/h7-8,15H,4-6,9-14,16H2,1-3H3,(H2,21,22,23);1H.